The van der Waals surface area contributed by atoms with Gasteiger partial charge in [0, 0.05) is 38.3 Å². The molecule has 1 heterocycles. The van der Waals surface area contributed by atoms with E-state index in [2.05, 4.69) is 55.1 Å². The molecule has 1 aliphatic heterocycles. The Morgan fingerprint density at radius 3 is 2.53 bits per heavy atom. The Morgan fingerprint density at radius 1 is 1.35 bits per heavy atom. The smallest absolute Gasteiger partial charge is 0.191 e. The third-order valence-corrected chi connectivity index (χ3v) is 3.35. The number of hydrogen-bond acceptors (Lipinski definition) is 2. The van der Waals surface area contributed by atoms with Crippen LogP contribution in [-0.2, 0) is 0 Å². The third-order valence-electron chi connectivity index (χ3n) is 3.35. The number of nitrogens with one attached hydrogen (secondary N) is 2. The largest absolute Gasteiger partial charge is 0.357 e. The van der Waals surface area contributed by atoms with E-state index in [-0.39, 0.29) is 0 Å². The molecule has 17 heavy (non-hydrogen) atoms. The summed E-state index contributed by atoms with van der Waals surface area (Å²) in [6, 6.07) is 1.15. The van der Waals surface area contributed by atoms with Crippen molar-refractivity contribution in [1.82, 2.24) is 15.5 Å². The van der Waals surface area contributed by atoms with Gasteiger partial charge in [-0.1, -0.05) is 6.92 Å². The van der Waals surface area contributed by atoms with Gasteiger partial charge in [0.15, 0.2) is 5.96 Å². The van der Waals surface area contributed by atoms with Crippen LogP contribution in [0.2, 0.25) is 0 Å². The minimum atomic E-state index is 0.516. The first-order chi connectivity index (χ1) is 8.08. The Labute approximate surface area is 106 Å². The average molecular weight is 240 g/mol. The number of guanidine groups is 1. The fraction of sp³-hybridized carbons (Fsp3) is 0.923. The van der Waals surface area contributed by atoms with Crippen LogP contribution < -0.4 is 10.6 Å². The monoisotopic (exact) mass is 240 g/mol. The fourth-order valence-corrected chi connectivity index (χ4v) is 2.27. The van der Waals surface area contributed by atoms with Crippen LogP contribution in [-0.4, -0.2) is 49.1 Å². The van der Waals surface area contributed by atoms with Crippen molar-refractivity contribution in [1.29, 1.82) is 0 Å². The van der Waals surface area contributed by atoms with E-state index in [0.29, 0.717) is 18.0 Å². The number of hydrogen-bond donors (Lipinski definition) is 2. The highest BCUT2D eigenvalue weighted by atomic mass is 15.3. The standard InChI is InChI=1S/C13H28N4/c1-6-14-13(15-7-2)16-12-9-17(10(3)4)8-11(12)5/h10-12H,6-9H2,1-5H3,(H2,14,15,16). The molecular formula is C13H28N4. The molecule has 1 saturated heterocycles. The molecule has 0 aromatic heterocycles. The molecular weight excluding hydrogens is 212 g/mol. The zero-order valence-electron chi connectivity index (χ0n) is 12.0. The van der Waals surface area contributed by atoms with E-state index in [9.17, 15) is 0 Å². The van der Waals surface area contributed by atoms with Crippen molar-refractivity contribution >= 4 is 5.96 Å². The van der Waals surface area contributed by atoms with Crippen molar-refractivity contribution in [2.45, 2.75) is 46.7 Å². The normalized spacial score (nSPS) is 26.6. The van der Waals surface area contributed by atoms with E-state index < -0.39 is 0 Å². The predicted octanol–water partition coefficient (Wildman–Crippen LogP) is 1.29. The second-order valence-corrected chi connectivity index (χ2v) is 5.13. The van der Waals surface area contributed by atoms with Crippen LogP contribution in [0.3, 0.4) is 0 Å². The molecule has 2 unspecified atom stereocenters. The van der Waals surface area contributed by atoms with Crippen LogP contribution in [0, 0.1) is 5.92 Å². The van der Waals surface area contributed by atoms with Gasteiger partial charge in [0.2, 0.25) is 0 Å². The van der Waals surface area contributed by atoms with Crippen molar-refractivity contribution in [3.63, 3.8) is 0 Å². The lowest BCUT2D eigenvalue weighted by atomic mass is 10.1. The molecule has 1 rings (SSSR count). The average Bonchev–Trinajstić information content (AvgIpc) is 2.61. The Bertz CT molecular complexity index is 250. The molecule has 0 aromatic carbocycles. The SMILES string of the molecule is CCN=C(NCC)NC1CN(C(C)C)CC1C. The number of likely N-dealkylation sites (tertiary alicyclic amines) is 1. The molecule has 1 fully saturated rings. The van der Waals surface area contributed by atoms with Gasteiger partial charge >= 0.3 is 0 Å². The van der Waals surface area contributed by atoms with Crippen LogP contribution in [0.15, 0.2) is 4.99 Å². The van der Waals surface area contributed by atoms with Crippen molar-refractivity contribution < 1.29 is 0 Å². The Kier molecular flexibility index (Phi) is 5.75. The van der Waals surface area contributed by atoms with Crippen molar-refractivity contribution in [3.05, 3.63) is 0 Å². The number of rotatable bonds is 4. The van der Waals surface area contributed by atoms with Gasteiger partial charge < -0.3 is 10.6 Å². The summed E-state index contributed by atoms with van der Waals surface area (Å²) in [6.45, 7) is 15.1. The van der Waals surface area contributed by atoms with Gasteiger partial charge in [-0.25, -0.2) is 0 Å². The van der Waals surface area contributed by atoms with E-state index in [1.807, 2.05) is 0 Å². The Hall–Kier alpha value is -0.770. The summed E-state index contributed by atoms with van der Waals surface area (Å²) < 4.78 is 0. The molecule has 4 heteroatoms. The number of aliphatic imine (C=N–C) groups is 1. The van der Waals surface area contributed by atoms with Crippen molar-refractivity contribution in [3.8, 4) is 0 Å². The summed E-state index contributed by atoms with van der Waals surface area (Å²) in [4.78, 5) is 6.98. The molecule has 0 aliphatic carbocycles. The molecule has 100 valence electrons. The number of nitrogens with zero attached hydrogens (tertiary/aromatic N) is 2. The van der Waals surface area contributed by atoms with Gasteiger partial charge in [0.05, 0.1) is 0 Å². The van der Waals surface area contributed by atoms with Gasteiger partial charge in [-0.05, 0) is 33.6 Å². The maximum atomic E-state index is 4.46. The van der Waals surface area contributed by atoms with E-state index in [4.69, 9.17) is 0 Å². The molecule has 0 aromatic rings. The summed E-state index contributed by atoms with van der Waals surface area (Å²) in [5, 5.41) is 6.85. The first kappa shape index (κ1) is 14.3. The second kappa shape index (κ2) is 6.84. The molecule has 0 bridgehead atoms. The van der Waals surface area contributed by atoms with Gasteiger partial charge in [-0.3, -0.25) is 9.89 Å². The lowest BCUT2D eigenvalue weighted by molar-refractivity contribution is 0.265. The van der Waals surface area contributed by atoms with Crippen LogP contribution in [0.4, 0.5) is 0 Å². The van der Waals surface area contributed by atoms with Gasteiger partial charge in [0.1, 0.15) is 0 Å². The Balaban J connectivity index is 2.53. The zero-order valence-corrected chi connectivity index (χ0v) is 12.0. The molecule has 2 N–H and O–H groups in total. The summed E-state index contributed by atoms with van der Waals surface area (Å²) in [7, 11) is 0. The minimum absolute atomic E-state index is 0.516. The zero-order chi connectivity index (χ0) is 12.8. The molecule has 4 nitrogen and oxygen atoms in total. The second-order valence-electron chi connectivity index (χ2n) is 5.13. The molecule has 0 amide bonds. The van der Waals surface area contributed by atoms with Gasteiger partial charge in [0.25, 0.3) is 0 Å². The highest BCUT2D eigenvalue weighted by molar-refractivity contribution is 5.80. The third kappa shape index (κ3) is 4.19. The van der Waals surface area contributed by atoms with Crippen LogP contribution in [0.25, 0.3) is 0 Å². The highest BCUT2D eigenvalue weighted by Crippen LogP contribution is 2.18. The summed E-state index contributed by atoms with van der Waals surface area (Å²) >= 11 is 0. The molecule has 1 aliphatic rings. The lowest BCUT2D eigenvalue weighted by Gasteiger charge is -2.21. The van der Waals surface area contributed by atoms with Gasteiger partial charge in [-0.2, -0.15) is 0 Å². The molecule has 2 atom stereocenters. The molecule has 0 saturated carbocycles. The van der Waals surface area contributed by atoms with Crippen molar-refractivity contribution in [2.24, 2.45) is 10.9 Å². The van der Waals surface area contributed by atoms with E-state index in [0.717, 1.165) is 25.6 Å². The van der Waals surface area contributed by atoms with E-state index >= 15 is 0 Å². The summed E-state index contributed by atoms with van der Waals surface area (Å²) in [6.07, 6.45) is 0. The van der Waals surface area contributed by atoms with Crippen LogP contribution in [0.1, 0.15) is 34.6 Å². The fourth-order valence-electron chi connectivity index (χ4n) is 2.27. The topological polar surface area (TPSA) is 39.7 Å². The predicted molar refractivity (Wildman–Crippen MR) is 74.4 cm³/mol. The lowest BCUT2D eigenvalue weighted by Crippen LogP contribution is -2.46. The van der Waals surface area contributed by atoms with Crippen molar-refractivity contribution in [2.75, 3.05) is 26.2 Å². The maximum absolute atomic E-state index is 4.46. The van der Waals surface area contributed by atoms with Crippen LogP contribution in [0.5, 0.6) is 0 Å². The summed E-state index contributed by atoms with van der Waals surface area (Å²) in [5.41, 5.74) is 0. The highest BCUT2D eigenvalue weighted by Gasteiger charge is 2.31. The van der Waals surface area contributed by atoms with Gasteiger partial charge in [-0.15, -0.1) is 0 Å². The summed E-state index contributed by atoms with van der Waals surface area (Å²) in [5.74, 6) is 1.63. The van der Waals surface area contributed by atoms with E-state index in [1.165, 1.54) is 6.54 Å². The first-order valence-electron chi connectivity index (χ1n) is 6.87. The minimum Gasteiger partial charge on any atom is -0.357 e. The quantitative estimate of drug-likeness (QED) is 0.574. The van der Waals surface area contributed by atoms with Crippen LogP contribution >= 0.6 is 0 Å². The van der Waals surface area contributed by atoms with E-state index in [1.54, 1.807) is 0 Å². The maximum Gasteiger partial charge on any atom is 0.191 e. The first-order valence-corrected chi connectivity index (χ1v) is 6.87. The Morgan fingerprint density at radius 2 is 2.06 bits per heavy atom. The molecule has 0 spiro atoms. The molecule has 0 radical (unpaired) electrons.